The van der Waals surface area contributed by atoms with E-state index in [2.05, 4.69) is 81.5 Å². The lowest BCUT2D eigenvalue weighted by Gasteiger charge is -2.18. The summed E-state index contributed by atoms with van der Waals surface area (Å²) in [6.07, 6.45) is 62.1. The average Bonchev–Trinajstić information content (AvgIpc) is 3.27. The Morgan fingerprint density at radius 3 is 0.984 bits per heavy atom. The highest BCUT2D eigenvalue weighted by atomic mass is 16.6. The summed E-state index contributed by atoms with van der Waals surface area (Å²) in [5.74, 6) is -0.941. The highest BCUT2D eigenvalue weighted by Gasteiger charge is 2.19. The molecule has 0 rings (SSSR count). The molecule has 0 spiro atoms. The summed E-state index contributed by atoms with van der Waals surface area (Å²) in [6, 6.07) is 0. The van der Waals surface area contributed by atoms with Crippen molar-refractivity contribution in [3.8, 4) is 0 Å². The number of unbranched alkanes of at least 4 members (excludes halogenated alkanes) is 26. The van der Waals surface area contributed by atoms with Gasteiger partial charge in [0.2, 0.25) is 0 Å². The first-order chi connectivity index (χ1) is 30.5. The maximum atomic E-state index is 12.8. The summed E-state index contributed by atoms with van der Waals surface area (Å²) in [7, 11) is 0. The summed E-state index contributed by atoms with van der Waals surface area (Å²) < 4.78 is 16.8. The molecule has 0 saturated carbocycles. The SMILES string of the molecule is CC/C=C\C/C=C\C/C=C\C/C=C\C/C=C\CCCC(=O)OC[C@H](COC(=O)CCCCCCCCCCCCCCCCC)OC(=O)CCCCCCCCCCCCCC. The monoisotopic (exact) mass is 867 g/mol. The molecule has 0 saturated heterocycles. The van der Waals surface area contributed by atoms with E-state index < -0.39 is 6.10 Å². The van der Waals surface area contributed by atoms with E-state index in [0.29, 0.717) is 19.3 Å². The van der Waals surface area contributed by atoms with Crippen LogP contribution >= 0.6 is 0 Å². The first-order valence-corrected chi connectivity index (χ1v) is 26.3. The number of allylic oxidation sites excluding steroid dienone is 10. The van der Waals surface area contributed by atoms with Crippen molar-refractivity contribution < 1.29 is 28.6 Å². The van der Waals surface area contributed by atoms with Crippen LogP contribution < -0.4 is 0 Å². The van der Waals surface area contributed by atoms with E-state index in [4.69, 9.17) is 14.2 Å². The normalized spacial score (nSPS) is 12.5. The quantitative estimate of drug-likeness (QED) is 0.0262. The second-order valence-electron chi connectivity index (χ2n) is 17.4. The summed E-state index contributed by atoms with van der Waals surface area (Å²) in [6.45, 7) is 6.49. The highest BCUT2D eigenvalue weighted by Crippen LogP contribution is 2.16. The Bertz CT molecular complexity index is 1130. The number of rotatable bonds is 47. The van der Waals surface area contributed by atoms with Crippen molar-refractivity contribution in [2.45, 2.75) is 264 Å². The lowest BCUT2D eigenvalue weighted by Crippen LogP contribution is -2.30. The Kier molecular flexibility index (Phi) is 48.4. The summed E-state index contributed by atoms with van der Waals surface area (Å²) in [5.41, 5.74) is 0. The van der Waals surface area contributed by atoms with E-state index in [-0.39, 0.29) is 37.5 Å². The number of carbonyl (C=O) groups is 3. The predicted octanol–water partition coefficient (Wildman–Crippen LogP) is 17.3. The number of esters is 3. The van der Waals surface area contributed by atoms with Crippen LogP contribution in [0.2, 0.25) is 0 Å². The van der Waals surface area contributed by atoms with Crippen LogP contribution in [0.15, 0.2) is 60.8 Å². The van der Waals surface area contributed by atoms with Gasteiger partial charge in [0.1, 0.15) is 13.2 Å². The molecule has 0 N–H and O–H groups in total. The van der Waals surface area contributed by atoms with Gasteiger partial charge in [0.15, 0.2) is 6.10 Å². The van der Waals surface area contributed by atoms with Gasteiger partial charge in [0.25, 0.3) is 0 Å². The van der Waals surface area contributed by atoms with Crippen molar-refractivity contribution >= 4 is 17.9 Å². The Morgan fingerprint density at radius 2 is 0.629 bits per heavy atom. The van der Waals surface area contributed by atoms with Gasteiger partial charge < -0.3 is 14.2 Å². The van der Waals surface area contributed by atoms with Crippen molar-refractivity contribution in [1.82, 2.24) is 0 Å². The summed E-state index contributed by atoms with van der Waals surface area (Å²) in [4.78, 5) is 38.0. The van der Waals surface area contributed by atoms with Gasteiger partial charge in [-0.1, -0.05) is 242 Å². The first kappa shape index (κ1) is 59.1. The van der Waals surface area contributed by atoms with Gasteiger partial charge in [0, 0.05) is 19.3 Å². The van der Waals surface area contributed by atoms with Crippen molar-refractivity contribution in [3.63, 3.8) is 0 Å². The molecule has 0 unspecified atom stereocenters. The van der Waals surface area contributed by atoms with Crippen molar-refractivity contribution in [2.24, 2.45) is 0 Å². The molecular formula is C56H98O6. The zero-order valence-corrected chi connectivity index (χ0v) is 40.9. The van der Waals surface area contributed by atoms with Crippen LogP contribution in [0.25, 0.3) is 0 Å². The number of carbonyl (C=O) groups excluding carboxylic acids is 3. The summed E-state index contributed by atoms with van der Waals surface area (Å²) >= 11 is 0. The minimum absolute atomic E-state index is 0.0882. The number of hydrogen-bond acceptors (Lipinski definition) is 6. The van der Waals surface area contributed by atoms with Crippen LogP contribution in [-0.4, -0.2) is 37.2 Å². The molecule has 1 atom stereocenters. The van der Waals surface area contributed by atoms with E-state index in [1.54, 1.807) is 0 Å². The summed E-state index contributed by atoms with van der Waals surface area (Å²) in [5, 5.41) is 0. The fraction of sp³-hybridized carbons (Fsp3) is 0.768. The van der Waals surface area contributed by atoms with Crippen molar-refractivity contribution in [3.05, 3.63) is 60.8 Å². The third-order valence-corrected chi connectivity index (χ3v) is 11.3. The topological polar surface area (TPSA) is 78.9 Å². The van der Waals surface area contributed by atoms with Gasteiger partial charge in [-0.2, -0.15) is 0 Å². The molecule has 0 bridgehead atoms. The Hall–Kier alpha value is -2.89. The van der Waals surface area contributed by atoms with Crippen LogP contribution in [0.1, 0.15) is 258 Å². The van der Waals surface area contributed by atoms with E-state index in [1.807, 2.05) is 0 Å². The maximum Gasteiger partial charge on any atom is 0.306 e. The molecule has 0 amide bonds. The molecule has 0 aromatic carbocycles. The zero-order chi connectivity index (χ0) is 45.1. The molecule has 0 radical (unpaired) electrons. The molecule has 0 aliphatic rings. The minimum Gasteiger partial charge on any atom is -0.462 e. The third-order valence-electron chi connectivity index (χ3n) is 11.3. The second kappa shape index (κ2) is 50.8. The smallest absolute Gasteiger partial charge is 0.306 e. The second-order valence-corrected chi connectivity index (χ2v) is 17.4. The molecule has 0 aromatic rings. The lowest BCUT2D eigenvalue weighted by molar-refractivity contribution is -0.167. The number of hydrogen-bond donors (Lipinski definition) is 0. The van der Waals surface area contributed by atoms with Crippen LogP contribution in [0.4, 0.5) is 0 Å². The molecule has 358 valence electrons. The predicted molar refractivity (Wildman–Crippen MR) is 265 cm³/mol. The van der Waals surface area contributed by atoms with Crippen LogP contribution in [0.5, 0.6) is 0 Å². The van der Waals surface area contributed by atoms with E-state index in [0.717, 1.165) is 77.0 Å². The highest BCUT2D eigenvalue weighted by molar-refractivity contribution is 5.71. The molecular weight excluding hydrogens is 769 g/mol. The standard InChI is InChI=1S/C56H98O6/c1-4-7-10-13-16-19-22-25-27-28-30-32-35-37-40-43-46-49-55(58)61-52-53(62-56(59)50-47-44-41-38-33-24-21-18-15-12-9-6-3)51-60-54(57)48-45-42-39-36-34-31-29-26-23-20-17-14-11-8-5-2/h7,10,16,19,25,27,30,32,37,40,53H,4-6,8-9,11-15,17-18,20-24,26,28-29,31,33-36,38-39,41-52H2,1-3H3/b10-7-,19-16-,27-25-,32-30-,40-37-/t53-/m0/s1. The van der Waals surface area contributed by atoms with Crippen LogP contribution in [0, 0.1) is 0 Å². The van der Waals surface area contributed by atoms with E-state index in [1.165, 1.54) is 135 Å². The molecule has 6 nitrogen and oxygen atoms in total. The fourth-order valence-corrected chi connectivity index (χ4v) is 7.36. The van der Waals surface area contributed by atoms with Crippen LogP contribution in [-0.2, 0) is 28.6 Å². The minimum atomic E-state index is -0.792. The van der Waals surface area contributed by atoms with Gasteiger partial charge in [-0.25, -0.2) is 0 Å². The average molecular weight is 867 g/mol. The van der Waals surface area contributed by atoms with Crippen LogP contribution in [0.3, 0.4) is 0 Å². The molecule has 0 heterocycles. The van der Waals surface area contributed by atoms with Gasteiger partial charge >= 0.3 is 17.9 Å². The fourth-order valence-electron chi connectivity index (χ4n) is 7.36. The molecule has 6 heteroatoms. The van der Waals surface area contributed by atoms with Gasteiger partial charge in [-0.3, -0.25) is 14.4 Å². The maximum absolute atomic E-state index is 12.8. The lowest BCUT2D eigenvalue weighted by atomic mass is 10.0. The van der Waals surface area contributed by atoms with E-state index in [9.17, 15) is 14.4 Å². The largest absolute Gasteiger partial charge is 0.462 e. The zero-order valence-electron chi connectivity index (χ0n) is 40.9. The molecule has 62 heavy (non-hydrogen) atoms. The first-order valence-electron chi connectivity index (χ1n) is 26.3. The molecule has 0 fully saturated rings. The Morgan fingerprint density at radius 1 is 0.339 bits per heavy atom. The van der Waals surface area contributed by atoms with E-state index >= 15 is 0 Å². The molecule has 0 aromatic heterocycles. The van der Waals surface area contributed by atoms with Crippen molar-refractivity contribution in [1.29, 1.82) is 0 Å². The number of ether oxygens (including phenoxy) is 3. The Labute approximate surface area is 383 Å². The van der Waals surface area contributed by atoms with Gasteiger partial charge in [0.05, 0.1) is 0 Å². The van der Waals surface area contributed by atoms with Crippen molar-refractivity contribution in [2.75, 3.05) is 13.2 Å². The van der Waals surface area contributed by atoms with Gasteiger partial charge in [-0.05, 0) is 57.8 Å². The van der Waals surface area contributed by atoms with Gasteiger partial charge in [-0.15, -0.1) is 0 Å². The molecule has 0 aliphatic heterocycles. The molecule has 0 aliphatic carbocycles. The Balaban J connectivity index is 4.43. The third kappa shape index (κ3) is 48.1.